The van der Waals surface area contributed by atoms with Gasteiger partial charge in [0, 0.05) is 12.1 Å². The van der Waals surface area contributed by atoms with Gasteiger partial charge in [0.1, 0.15) is 0 Å². The highest BCUT2D eigenvalue weighted by Gasteiger charge is 2.11. The van der Waals surface area contributed by atoms with E-state index in [0.29, 0.717) is 23.9 Å². The van der Waals surface area contributed by atoms with E-state index in [-0.39, 0.29) is 11.8 Å². The molecular weight excluding hydrogens is 263 g/mol. The standard InChI is InChI=1S/C13H15FN4O2/c1-4-15-12-16-11(17-13(18-12)20-3)8-5-6-10(19-2)9(14)7-8/h5-7H,4H2,1-3H3,(H,15,16,17,18). The van der Waals surface area contributed by atoms with Crippen LogP contribution in [0.1, 0.15) is 6.92 Å². The number of aromatic nitrogens is 3. The molecule has 0 atom stereocenters. The SMILES string of the molecule is CCNc1nc(OC)nc(-c2ccc(OC)c(F)c2)n1. The lowest BCUT2D eigenvalue weighted by Crippen LogP contribution is -2.06. The second-order valence-corrected chi connectivity index (χ2v) is 3.85. The lowest BCUT2D eigenvalue weighted by molar-refractivity contribution is 0.379. The molecule has 0 amide bonds. The number of ether oxygens (including phenoxy) is 2. The fraction of sp³-hybridized carbons (Fsp3) is 0.308. The quantitative estimate of drug-likeness (QED) is 0.903. The van der Waals surface area contributed by atoms with Crippen molar-refractivity contribution in [2.45, 2.75) is 6.92 Å². The summed E-state index contributed by atoms with van der Waals surface area (Å²) in [5.41, 5.74) is 0.517. The number of rotatable bonds is 5. The highest BCUT2D eigenvalue weighted by Crippen LogP contribution is 2.24. The maximum absolute atomic E-state index is 13.7. The van der Waals surface area contributed by atoms with Crippen LogP contribution in [0.4, 0.5) is 10.3 Å². The molecule has 0 aliphatic heterocycles. The first-order valence-electron chi connectivity index (χ1n) is 6.05. The van der Waals surface area contributed by atoms with Crippen LogP contribution >= 0.6 is 0 Å². The average molecular weight is 278 g/mol. The Balaban J connectivity index is 2.45. The molecule has 6 nitrogen and oxygen atoms in total. The normalized spacial score (nSPS) is 10.2. The van der Waals surface area contributed by atoms with E-state index in [1.165, 1.54) is 26.4 Å². The molecule has 0 bridgehead atoms. The number of nitrogens with one attached hydrogen (secondary N) is 1. The number of benzene rings is 1. The summed E-state index contributed by atoms with van der Waals surface area (Å²) in [5.74, 6) is 0.399. The van der Waals surface area contributed by atoms with Crippen LogP contribution in [-0.2, 0) is 0 Å². The minimum atomic E-state index is -0.477. The summed E-state index contributed by atoms with van der Waals surface area (Å²) in [4.78, 5) is 12.4. The lowest BCUT2D eigenvalue weighted by atomic mass is 10.2. The zero-order valence-corrected chi connectivity index (χ0v) is 11.5. The van der Waals surface area contributed by atoms with Crippen molar-refractivity contribution < 1.29 is 13.9 Å². The molecule has 0 spiro atoms. The van der Waals surface area contributed by atoms with Gasteiger partial charge in [-0.05, 0) is 25.1 Å². The topological polar surface area (TPSA) is 69.2 Å². The third-order valence-corrected chi connectivity index (χ3v) is 2.54. The minimum Gasteiger partial charge on any atom is -0.494 e. The number of hydrogen-bond donors (Lipinski definition) is 1. The van der Waals surface area contributed by atoms with E-state index in [2.05, 4.69) is 20.3 Å². The van der Waals surface area contributed by atoms with Gasteiger partial charge in [-0.15, -0.1) is 0 Å². The van der Waals surface area contributed by atoms with Crippen LogP contribution in [0, 0.1) is 5.82 Å². The highest BCUT2D eigenvalue weighted by atomic mass is 19.1. The number of methoxy groups -OCH3 is 2. The first kappa shape index (κ1) is 14.0. The molecule has 0 saturated heterocycles. The summed E-state index contributed by atoms with van der Waals surface area (Å²) in [6.45, 7) is 2.58. The van der Waals surface area contributed by atoms with Crippen LogP contribution in [0.3, 0.4) is 0 Å². The van der Waals surface area contributed by atoms with Crippen molar-refractivity contribution in [1.82, 2.24) is 15.0 Å². The largest absolute Gasteiger partial charge is 0.494 e. The Hall–Kier alpha value is -2.44. The van der Waals surface area contributed by atoms with E-state index < -0.39 is 5.82 Å². The number of halogens is 1. The summed E-state index contributed by atoms with van der Waals surface area (Å²) in [6, 6.07) is 4.67. The van der Waals surface area contributed by atoms with Gasteiger partial charge in [-0.1, -0.05) is 0 Å². The molecule has 0 radical (unpaired) electrons. The van der Waals surface area contributed by atoms with Crippen LogP contribution in [0.5, 0.6) is 11.8 Å². The Kier molecular flexibility index (Phi) is 4.29. The Morgan fingerprint density at radius 3 is 2.55 bits per heavy atom. The van der Waals surface area contributed by atoms with Crippen LogP contribution in [0.15, 0.2) is 18.2 Å². The van der Waals surface area contributed by atoms with Gasteiger partial charge < -0.3 is 14.8 Å². The molecule has 7 heteroatoms. The van der Waals surface area contributed by atoms with Crippen LogP contribution in [0.25, 0.3) is 11.4 Å². The van der Waals surface area contributed by atoms with E-state index in [1.54, 1.807) is 6.07 Å². The monoisotopic (exact) mass is 278 g/mol. The molecule has 0 saturated carbocycles. The molecule has 1 aromatic heterocycles. The zero-order valence-electron chi connectivity index (χ0n) is 11.5. The van der Waals surface area contributed by atoms with E-state index in [0.717, 1.165) is 0 Å². The van der Waals surface area contributed by atoms with Crippen LogP contribution in [0.2, 0.25) is 0 Å². The predicted molar refractivity (Wildman–Crippen MR) is 72.5 cm³/mol. The van der Waals surface area contributed by atoms with Crippen molar-refractivity contribution >= 4 is 5.95 Å². The molecular formula is C13H15FN4O2. The molecule has 2 aromatic rings. The van der Waals surface area contributed by atoms with Crippen LogP contribution < -0.4 is 14.8 Å². The van der Waals surface area contributed by atoms with Gasteiger partial charge in [0.25, 0.3) is 0 Å². The first-order valence-corrected chi connectivity index (χ1v) is 6.05. The van der Waals surface area contributed by atoms with Gasteiger partial charge in [-0.2, -0.15) is 15.0 Å². The third kappa shape index (κ3) is 2.93. The number of anilines is 1. The summed E-state index contributed by atoms with van der Waals surface area (Å²) in [6.07, 6.45) is 0. The maximum atomic E-state index is 13.7. The van der Waals surface area contributed by atoms with Crippen molar-refractivity contribution in [2.24, 2.45) is 0 Å². The predicted octanol–water partition coefficient (Wildman–Crippen LogP) is 2.13. The smallest absolute Gasteiger partial charge is 0.321 e. The van der Waals surface area contributed by atoms with E-state index in [4.69, 9.17) is 9.47 Å². The third-order valence-electron chi connectivity index (χ3n) is 2.54. The molecule has 0 fully saturated rings. The summed E-state index contributed by atoms with van der Waals surface area (Å²) in [7, 11) is 2.87. The molecule has 106 valence electrons. The summed E-state index contributed by atoms with van der Waals surface area (Å²) in [5, 5.41) is 2.97. The fourth-order valence-corrected chi connectivity index (χ4v) is 1.62. The Labute approximate surface area is 116 Å². The first-order chi connectivity index (χ1) is 9.67. The summed E-state index contributed by atoms with van der Waals surface area (Å²) < 4.78 is 23.6. The van der Waals surface area contributed by atoms with Gasteiger partial charge in [-0.25, -0.2) is 4.39 Å². The van der Waals surface area contributed by atoms with E-state index in [9.17, 15) is 4.39 Å². The highest BCUT2D eigenvalue weighted by molar-refractivity contribution is 5.58. The van der Waals surface area contributed by atoms with Gasteiger partial charge in [0.15, 0.2) is 17.4 Å². The molecule has 0 aliphatic rings. The summed E-state index contributed by atoms with van der Waals surface area (Å²) >= 11 is 0. The van der Waals surface area contributed by atoms with Crippen molar-refractivity contribution in [1.29, 1.82) is 0 Å². The van der Waals surface area contributed by atoms with E-state index in [1.807, 2.05) is 6.92 Å². The van der Waals surface area contributed by atoms with Gasteiger partial charge in [0.2, 0.25) is 5.95 Å². The van der Waals surface area contributed by atoms with Crippen LogP contribution in [-0.4, -0.2) is 35.7 Å². The fourth-order valence-electron chi connectivity index (χ4n) is 1.62. The Morgan fingerprint density at radius 2 is 1.95 bits per heavy atom. The minimum absolute atomic E-state index is 0.168. The molecule has 1 heterocycles. The van der Waals surface area contributed by atoms with Crippen molar-refractivity contribution in [3.05, 3.63) is 24.0 Å². The number of nitrogens with zero attached hydrogens (tertiary/aromatic N) is 3. The molecule has 1 N–H and O–H groups in total. The second-order valence-electron chi connectivity index (χ2n) is 3.85. The van der Waals surface area contributed by atoms with Gasteiger partial charge >= 0.3 is 6.01 Å². The van der Waals surface area contributed by atoms with E-state index >= 15 is 0 Å². The molecule has 2 rings (SSSR count). The Morgan fingerprint density at radius 1 is 1.15 bits per heavy atom. The van der Waals surface area contributed by atoms with Gasteiger partial charge in [0.05, 0.1) is 14.2 Å². The van der Waals surface area contributed by atoms with Crippen molar-refractivity contribution in [2.75, 3.05) is 26.1 Å². The molecule has 20 heavy (non-hydrogen) atoms. The Bertz CT molecular complexity index is 607. The average Bonchev–Trinajstić information content (AvgIpc) is 2.47. The maximum Gasteiger partial charge on any atom is 0.321 e. The lowest BCUT2D eigenvalue weighted by Gasteiger charge is -2.08. The van der Waals surface area contributed by atoms with Crippen molar-refractivity contribution in [3.63, 3.8) is 0 Å². The molecule has 0 aliphatic carbocycles. The van der Waals surface area contributed by atoms with Crippen molar-refractivity contribution in [3.8, 4) is 23.1 Å². The number of hydrogen-bond acceptors (Lipinski definition) is 6. The molecule has 0 unspecified atom stereocenters. The zero-order chi connectivity index (χ0) is 14.5. The molecule has 1 aromatic carbocycles. The van der Waals surface area contributed by atoms with Gasteiger partial charge in [-0.3, -0.25) is 0 Å². The second kappa shape index (κ2) is 6.14.